The van der Waals surface area contributed by atoms with E-state index in [0.29, 0.717) is 28.7 Å². The quantitative estimate of drug-likeness (QED) is 0.690. The molecule has 0 aliphatic rings. The fraction of sp³-hybridized carbons (Fsp3) is 0.222. The average molecular weight is 323 g/mol. The van der Waals surface area contributed by atoms with E-state index in [2.05, 4.69) is 10.1 Å². The van der Waals surface area contributed by atoms with Gasteiger partial charge in [-0.25, -0.2) is 9.48 Å². The second-order valence-corrected chi connectivity index (χ2v) is 5.35. The number of hydrogen-bond donors (Lipinski definition) is 0. The lowest BCUT2D eigenvalue weighted by atomic mass is 10.1. The number of esters is 1. The zero-order valence-electron chi connectivity index (χ0n) is 13.5. The number of benzene rings is 1. The van der Waals surface area contributed by atoms with Crippen molar-refractivity contribution in [3.8, 4) is 11.3 Å². The number of aryl methyl sites for hydroxylation is 1. The number of fused-ring (bicyclic) bond motifs is 1. The van der Waals surface area contributed by atoms with Gasteiger partial charge in [-0.15, -0.1) is 0 Å². The third-order valence-electron chi connectivity index (χ3n) is 3.74. The molecule has 1 aromatic carbocycles. The molecule has 3 aromatic rings. The van der Waals surface area contributed by atoms with Gasteiger partial charge in [-0.2, -0.15) is 5.10 Å². The highest BCUT2D eigenvalue weighted by molar-refractivity contribution is 5.93. The van der Waals surface area contributed by atoms with Gasteiger partial charge < -0.3 is 4.74 Å². The number of aromatic nitrogens is 3. The highest BCUT2D eigenvalue weighted by Crippen LogP contribution is 2.24. The molecule has 0 atom stereocenters. The number of carbonyl (C=O) groups is 1. The SMILES string of the molecule is CCCn1nc(-c2ccc(C(=O)OC)cc2)c2cccnc2c1=O. The molecule has 0 fully saturated rings. The number of ether oxygens (including phenoxy) is 1. The summed E-state index contributed by atoms with van der Waals surface area (Å²) in [6, 6.07) is 10.6. The Morgan fingerprint density at radius 3 is 2.62 bits per heavy atom. The van der Waals surface area contributed by atoms with Gasteiger partial charge in [0.15, 0.2) is 0 Å². The van der Waals surface area contributed by atoms with Gasteiger partial charge in [0.2, 0.25) is 0 Å². The predicted molar refractivity (Wildman–Crippen MR) is 90.9 cm³/mol. The molecular formula is C18H17N3O3. The fourth-order valence-corrected chi connectivity index (χ4v) is 2.57. The van der Waals surface area contributed by atoms with E-state index < -0.39 is 5.97 Å². The molecule has 0 bridgehead atoms. The first-order chi connectivity index (χ1) is 11.7. The molecular weight excluding hydrogens is 306 g/mol. The molecule has 24 heavy (non-hydrogen) atoms. The molecule has 0 radical (unpaired) electrons. The smallest absolute Gasteiger partial charge is 0.337 e. The van der Waals surface area contributed by atoms with Gasteiger partial charge in [0.25, 0.3) is 5.56 Å². The van der Waals surface area contributed by atoms with Gasteiger partial charge in [-0.05, 0) is 30.7 Å². The van der Waals surface area contributed by atoms with Crippen molar-refractivity contribution in [3.05, 3.63) is 58.5 Å². The van der Waals surface area contributed by atoms with Crippen LogP contribution in [0.4, 0.5) is 0 Å². The topological polar surface area (TPSA) is 74.1 Å². The van der Waals surface area contributed by atoms with Crippen LogP contribution in [0.5, 0.6) is 0 Å². The predicted octanol–water partition coefficient (Wildman–Crippen LogP) is 2.66. The highest BCUT2D eigenvalue weighted by Gasteiger charge is 2.13. The van der Waals surface area contributed by atoms with Crippen molar-refractivity contribution in [1.82, 2.24) is 14.8 Å². The van der Waals surface area contributed by atoms with Crippen molar-refractivity contribution in [2.75, 3.05) is 7.11 Å². The van der Waals surface area contributed by atoms with Gasteiger partial charge in [-0.1, -0.05) is 19.1 Å². The Labute approximate surface area is 138 Å². The lowest BCUT2D eigenvalue weighted by molar-refractivity contribution is 0.0601. The third-order valence-corrected chi connectivity index (χ3v) is 3.74. The van der Waals surface area contributed by atoms with Gasteiger partial charge in [0, 0.05) is 23.7 Å². The van der Waals surface area contributed by atoms with Crippen LogP contribution >= 0.6 is 0 Å². The second-order valence-electron chi connectivity index (χ2n) is 5.35. The van der Waals surface area contributed by atoms with Crippen LogP contribution in [0.15, 0.2) is 47.4 Å². The standard InChI is InChI=1S/C18H17N3O3/c1-3-11-21-17(22)16-14(5-4-10-19-16)15(20-21)12-6-8-13(9-7-12)18(23)24-2/h4-10H,3,11H2,1-2H3. The number of pyridine rings is 1. The van der Waals surface area contributed by atoms with E-state index in [1.165, 1.54) is 11.8 Å². The van der Waals surface area contributed by atoms with Gasteiger partial charge in [0.1, 0.15) is 11.2 Å². The average Bonchev–Trinajstić information content (AvgIpc) is 2.64. The molecule has 2 aromatic heterocycles. The molecule has 0 amide bonds. The summed E-state index contributed by atoms with van der Waals surface area (Å²) >= 11 is 0. The van der Waals surface area contributed by atoms with Crippen LogP contribution in [-0.2, 0) is 11.3 Å². The number of hydrogen-bond acceptors (Lipinski definition) is 5. The molecule has 0 aliphatic carbocycles. The normalized spacial score (nSPS) is 10.8. The van der Waals surface area contributed by atoms with Crippen molar-refractivity contribution in [1.29, 1.82) is 0 Å². The van der Waals surface area contributed by atoms with E-state index in [-0.39, 0.29) is 5.56 Å². The Morgan fingerprint density at radius 1 is 1.21 bits per heavy atom. The molecule has 2 heterocycles. The molecule has 122 valence electrons. The van der Waals surface area contributed by atoms with E-state index >= 15 is 0 Å². The summed E-state index contributed by atoms with van der Waals surface area (Å²) in [4.78, 5) is 28.2. The summed E-state index contributed by atoms with van der Waals surface area (Å²) in [5.74, 6) is -0.392. The van der Waals surface area contributed by atoms with Crippen LogP contribution in [0.25, 0.3) is 22.2 Å². The van der Waals surface area contributed by atoms with Crippen LogP contribution in [0, 0.1) is 0 Å². The Balaban J connectivity index is 2.20. The first-order valence-corrected chi connectivity index (χ1v) is 7.70. The zero-order valence-corrected chi connectivity index (χ0v) is 13.5. The summed E-state index contributed by atoms with van der Waals surface area (Å²) in [5.41, 5.74) is 2.15. The van der Waals surface area contributed by atoms with E-state index in [9.17, 15) is 9.59 Å². The van der Waals surface area contributed by atoms with E-state index in [1.54, 1.807) is 36.5 Å². The molecule has 0 saturated carbocycles. The molecule has 6 nitrogen and oxygen atoms in total. The minimum atomic E-state index is -0.392. The largest absolute Gasteiger partial charge is 0.465 e. The maximum Gasteiger partial charge on any atom is 0.337 e. The molecule has 0 saturated heterocycles. The number of rotatable bonds is 4. The number of methoxy groups -OCH3 is 1. The van der Waals surface area contributed by atoms with E-state index in [4.69, 9.17) is 4.74 Å². The second kappa shape index (κ2) is 6.62. The van der Waals surface area contributed by atoms with Gasteiger partial charge in [-0.3, -0.25) is 9.78 Å². The van der Waals surface area contributed by atoms with Crippen LogP contribution in [0.1, 0.15) is 23.7 Å². The minimum absolute atomic E-state index is 0.192. The monoisotopic (exact) mass is 323 g/mol. The van der Waals surface area contributed by atoms with Crippen LogP contribution < -0.4 is 5.56 Å². The first-order valence-electron chi connectivity index (χ1n) is 7.70. The summed E-state index contributed by atoms with van der Waals surface area (Å²) in [6.45, 7) is 2.51. The van der Waals surface area contributed by atoms with Crippen molar-refractivity contribution >= 4 is 16.9 Å². The summed E-state index contributed by atoms with van der Waals surface area (Å²) < 4.78 is 6.15. The Kier molecular flexibility index (Phi) is 4.37. The van der Waals surface area contributed by atoms with Crippen molar-refractivity contribution in [2.45, 2.75) is 19.9 Å². The maximum absolute atomic E-state index is 12.5. The van der Waals surface area contributed by atoms with Crippen LogP contribution in [-0.4, -0.2) is 27.8 Å². The Bertz CT molecular complexity index is 946. The van der Waals surface area contributed by atoms with Crippen molar-refractivity contribution in [3.63, 3.8) is 0 Å². The lowest BCUT2D eigenvalue weighted by Crippen LogP contribution is -2.24. The fourth-order valence-electron chi connectivity index (χ4n) is 2.57. The Morgan fingerprint density at radius 2 is 1.96 bits per heavy atom. The lowest BCUT2D eigenvalue weighted by Gasteiger charge is -2.10. The molecule has 0 N–H and O–H groups in total. The van der Waals surface area contributed by atoms with Gasteiger partial charge >= 0.3 is 5.97 Å². The van der Waals surface area contributed by atoms with Crippen LogP contribution in [0.2, 0.25) is 0 Å². The maximum atomic E-state index is 12.5. The molecule has 0 unspecified atom stereocenters. The molecule has 0 aliphatic heterocycles. The third kappa shape index (κ3) is 2.78. The molecule has 0 spiro atoms. The first kappa shape index (κ1) is 15.9. The molecule has 6 heteroatoms. The van der Waals surface area contributed by atoms with E-state index in [1.807, 2.05) is 13.0 Å². The van der Waals surface area contributed by atoms with Crippen molar-refractivity contribution < 1.29 is 9.53 Å². The number of nitrogens with zero attached hydrogens (tertiary/aromatic N) is 3. The minimum Gasteiger partial charge on any atom is -0.465 e. The van der Waals surface area contributed by atoms with Crippen molar-refractivity contribution in [2.24, 2.45) is 0 Å². The summed E-state index contributed by atoms with van der Waals surface area (Å²) in [7, 11) is 1.34. The zero-order chi connectivity index (χ0) is 17.1. The van der Waals surface area contributed by atoms with Gasteiger partial charge in [0.05, 0.1) is 12.7 Å². The number of carbonyl (C=O) groups excluding carboxylic acids is 1. The van der Waals surface area contributed by atoms with E-state index in [0.717, 1.165) is 12.0 Å². The van der Waals surface area contributed by atoms with Crippen LogP contribution in [0.3, 0.4) is 0 Å². The summed E-state index contributed by atoms with van der Waals surface area (Å²) in [5, 5.41) is 5.20. The molecule has 3 rings (SSSR count). The summed E-state index contributed by atoms with van der Waals surface area (Å²) in [6.07, 6.45) is 2.40. The highest BCUT2D eigenvalue weighted by atomic mass is 16.5. The Hall–Kier alpha value is -3.02.